The Kier molecular flexibility index (Phi) is 5.30. The summed E-state index contributed by atoms with van der Waals surface area (Å²) in [5.41, 5.74) is 0.842. The molecule has 4 aromatic rings. The van der Waals surface area contributed by atoms with Crippen LogP contribution in [0.5, 0.6) is 57.5 Å². The van der Waals surface area contributed by atoms with Gasteiger partial charge in [-0.3, -0.25) is 0 Å². The van der Waals surface area contributed by atoms with Crippen LogP contribution in [0.25, 0.3) is 0 Å². The Balaban J connectivity index is 1.47. The van der Waals surface area contributed by atoms with E-state index in [-0.39, 0.29) is 63.2 Å². The first-order valence-electron chi connectivity index (χ1n) is 12.9. The Bertz CT molecular complexity index is 1790. The van der Waals surface area contributed by atoms with E-state index in [4.69, 9.17) is 14.2 Å². The summed E-state index contributed by atoms with van der Waals surface area (Å²) in [6.07, 6.45) is -4.00. The van der Waals surface area contributed by atoms with E-state index in [0.717, 1.165) is 12.1 Å². The number of rotatable bonds is 2. The highest BCUT2D eigenvalue weighted by atomic mass is 16.7. The normalized spacial score (nSPS) is 25.2. The van der Waals surface area contributed by atoms with Crippen LogP contribution in [0.3, 0.4) is 0 Å². The third kappa shape index (κ3) is 3.49. The van der Waals surface area contributed by atoms with Gasteiger partial charge in [-0.2, -0.15) is 0 Å². The molecule has 3 aliphatic rings. The van der Waals surface area contributed by atoms with Gasteiger partial charge in [-0.25, -0.2) is 0 Å². The lowest BCUT2D eigenvalue weighted by Crippen LogP contribution is -2.57. The molecule has 5 atom stereocenters. The fraction of sp³-hybridized carbons (Fsp3) is 0.200. The Labute approximate surface area is 236 Å². The molecule has 0 radical (unpaired) electrons. The zero-order chi connectivity index (χ0) is 29.7. The lowest BCUT2D eigenvalue weighted by atomic mass is 9.74. The second-order valence-corrected chi connectivity index (χ2v) is 10.5. The first-order chi connectivity index (χ1) is 20.0. The van der Waals surface area contributed by atoms with Crippen molar-refractivity contribution in [2.75, 3.05) is 0 Å². The van der Waals surface area contributed by atoms with Crippen molar-refractivity contribution >= 4 is 0 Å². The predicted molar refractivity (Wildman–Crippen MR) is 141 cm³/mol. The summed E-state index contributed by atoms with van der Waals surface area (Å²) >= 11 is 0. The monoisotopic (exact) mass is 576 g/mol. The van der Waals surface area contributed by atoms with Crippen LogP contribution >= 0.6 is 0 Å². The topological polar surface area (TPSA) is 210 Å². The summed E-state index contributed by atoms with van der Waals surface area (Å²) in [6, 6.07) is 11.1. The summed E-state index contributed by atoms with van der Waals surface area (Å²) in [5, 5.41) is 95.1. The molecule has 4 aromatic carbocycles. The maximum atomic E-state index is 11.9. The average molecular weight is 577 g/mol. The van der Waals surface area contributed by atoms with Crippen molar-refractivity contribution in [3.63, 3.8) is 0 Å². The second kappa shape index (κ2) is 8.65. The largest absolute Gasteiger partial charge is 0.508 e. The Morgan fingerprint density at radius 1 is 0.643 bits per heavy atom. The summed E-state index contributed by atoms with van der Waals surface area (Å²) in [7, 11) is 0. The highest BCUT2D eigenvalue weighted by molar-refractivity contribution is 5.68. The molecule has 0 aromatic heterocycles. The molecule has 42 heavy (non-hydrogen) atoms. The van der Waals surface area contributed by atoms with Crippen LogP contribution in [-0.2, 0) is 12.2 Å². The molecular formula is C30H24O12. The number of hydrogen-bond acceptors (Lipinski definition) is 12. The zero-order valence-corrected chi connectivity index (χ0v) is 21.5. The number of phenolic OH excluding ortho intramolecular Hbond substituents is 7. The van der Waals surface area contributed by atoms with Crippen LogP contribution in [0.1, 0.15) is 39.8 Å². The van der Waals surface area contributed by atoms with Crippen molar-refractivity contribution in [1.82, 2.24) is 0 Å². The molecule has 0 amide bonds. The quantitative estimate of drug-likeness (QED) is 0.158. The second-order valence-electron chi connectivity index (χ2n) is 10.5. The minimum Gasteiger partial charge on any atom is -0.508 e. The molecular weight excluding hydrogens is 552 g/mol. The van der Waals surface area contributed by atoms with Gasteiger partial charge < -0.3 is 60.2 Å². The first kappa shape index (κ1) is 25.7. The van der Waals surface area contributed by atoms with Gasteiger partial charge in [0.2, 0.25) is 0 Å². The van der Waals surface area contributed by atoms with Crippen molar-refractivity contribution in [3.05, 3.63) is 82.4 Å². The molecule has 3 heterocycles. The number of hydrogen-bond donors (Lipinski definition) is 9. The molecule has 12 nitrogen and oxygen atoms in total. The standard InChI is InChI=1S/C30H24O12/c31-13-7-20(37)24-22(8-13)41-30(12-2-4-16(33)19(36)6-12)29(39)26(24)25-23(42-30)10-17(34)14-9-21(38)27(40-28(14)25)11-1-3-15(32)18(35)5-11/h1-8,10,21,26-27,29,31-39H,9H2/t21-,26+,27+,29-,30-/m0/s1. The summed E-state index contributed by atoms with van der Waals surface area (Å²) in [5.74, 6) is -6.11. The molecule has 216 valence electrons. The van der Waals surface area contributed by atoms with Gasteiger partial charge in [0.1, 0.15) is 46.7 Å². The van der Waals surface area contributed by atoms with Crippen molar-refractivity contribution in [2.24, 2.45) is 0 Å². The lowest BCUT2D eigenvalue weighted by Gasteiger charge is -2.50. The average Bonchev–Trinajstić information content (AvgIpc) is 2.92. The molecule has 3 aliphatic heterocycles. The van der Waals surface area contributed by atoms with E-state index in [1.165, 1.54) is 42.5 Å². The van der Waals surface area contributed by atoms with Crippen molar-refractivity contribution < 1.29 is 60.2 Å². The minimum atomic E-state index is -2.09. The first-order valence-corrected chi connectivity index (χ1v) is 12.9. The van der Waals surface area contributed by atoms with Crippen molar-refractivity contribution in [1.29, 1.82) is 0 Å². The summed E-state index contributed by atoms with van der Waals surface area (Å²) in [6.45, 7) is 0. The smallest absolute Gasteiger partial charge is 0.305 e. The number of ether oxygens (including phenoxy) is 3. The van der Waals surface area contributed by atoms with Gasteiger partial charge >= 0.3 is 5.79 Å². The zero-order valence-electron chi connectivity index (χ0n) is 21.5. The molecule has 2 bridgehead atoms. The van der Waals surface area contributed by atoms with Crippen LogP contribution in [0.4, 0.5) is 0 Å². The van der Waals surface area contributed by atoms with E-state index < -0.39 is 53.0 Å². The third-order valence-electron chi connectivity index (χ3n) is 8.03. The predicted octanol–water partition coefficient (Wildman–Crippen LogP) is 2.79. The fourth-order valence-corrected chi connectivity index (χ4v) is 6.09. The van der Waals surface area contributed by atoms with Crippen LogP contribution in [-0.4, -0.2) is 58.2 Å². The van der Waals surface area contributed by atoms with Crippen LogP contribution in [0.15, 0.2) is 54.6 Å². The van der Waals surface area contributed by atoms with E-state index in [1.54, 1.807) is 0 Å². The molecule has 9 N–H and O–H groups in total. The fourth-order valence-electron chi connectivity index (χ4n) is 6.09. The summed E-state index contributed by atoms with van der Waals surface area (Å²) in [4.78, 5) is 0. The third-order valence-corrected chi connectivity index (χ3v) is 8.03. The van der Waals surface area contributed by atoms with E-state index in [2.05, 4.69) is 0 Å². The van der Waals surface area contributed by atoms with Crippen LogP contribution < -0.4 is 14.2 Å². The van der Waals surface area contributed by atoms with Crippen molar-refractivity contribution in [2.45, 2.75) is 36.4 Å². The number of benzene rings is 4. The molecule has 0 saturated heterocycles. The Morgan fingerprint density at radius 3 is 2.00 bits per heavy atom. The lowest BCUT2D eigenvalue weighted by molar-refractivity contribution is -0.219. The Morgan fingerprint density at radius 2 is 1.31 bits per heavy atom. The van der Waals surface area contributed by atoms with E-state index >= 15 is 0 Å². The SMILES string of the molecule is Oc1cc(O)c2c(c1)O[C@@]1(c3ccc(O)c(O)c3)Oc3cc(O)c4c(c3[C@@H]2[C@@H]1O)O[C@H](c1ccc(O)c(O)c1)[C@@H](O)C4. The highest BCUT2D eigenvalue weighted by Crippen LogP contribution is 2.62. The highest BCUT2D eigenvalue weighted by Gasteiger charge is 2.60. The molecule has 7 rings (SSSR count). The Hall–Kier alpha value is -5.20. The molecule has 0 spiro atoms. The molecule has 0 aliphatic carbocycles. The van der Waals surface area contributed by atoms with Gasteiger partial charge in [0.15, 0.2) is 23.0 Å². The maximum Gasteiger partial charge on any atom is 0.305 e. The minimum absolute atomic E-state index is 0.0177. The van der Waals surface area contributed by atoms with Gasteiger partial charge in [-0.1, -0.05) is 6.07 Å². The molecule has 0 saturated carbocycles. The van der Waals surface area contributed by atoms with Gasteiger partial charge in [0.25, 0.3) is 0 Å². The van der Waals surface area contributed by atoms with Crippen LogP contribution in [0.2, 0.25) is 0 Å². The van der Waals surface area contributed by atoms with E-state index in [1.807, 2.05) is 0 Å². The number of fused-ring (bicyclic) bond motifs is 8. The van der Waals surface area contributed by atoms with E-state index in [0.29, 0.717) is 5.56 Å². The molecule has 12 heteroatoms. The van der Waals surface area contributed by atoms with Gasteiger partial charge in [0.05, 0.1) is 12.0 Å². The van der Waals surface area contributed by atoms with Gasteiger partial charge in [-0.05, 0) is 35.9 Å². The van der Waals surface area contributed by atoms with Gasteiger partial charge in [-0.15, -0.1) is 0 Å². The van der Waals surface area contributed by atoms with Crippen molar-refractivity contribution in [3.8, 4) is 57.5 Å². The number of aliphatic hydroxyl groups excluding tert-OH is 2. The van der Waals surface area contributed by atoms with E-state index in [9.17, 15) is 46.0 Å². The number of phenols is 7. The maximum absolute atomic E-state index is 11.9. The number of aliphatic hydroxyl groups is 2. The molecule has 0 unspecified atom stereocenters. The van der Waals surface area contributed by atoms with Gasteiger partial charge in [0, 0.05) is 46.9 Å². The number of aromatic hydroxyl groups is 7. The summed E-state index contributed by atoms with van der Waals surface area (Å²) < 4.78 is 18.6. The molecule has 0 fully saturated rings. The van der Waals surface area contributed by atoms with Crippen LogP contribution in [0, 0.1) is 0 Å².